The van der Waals surface area contributed by atoms with Gasteiger partial charge in [0.15, 0.2) is 0 Å². The Hall–Kier alpha value is -1.55. The van der Waals surface area contributed by atoms with E-state index in [2.05, 4.69) is 17.6 Å². The smallest absolute Gasteiger partial charge is 0.231 e. The number of nitrogens with zero attached hydrogens (tertiary/aromatic N) is 1. The highest BCUT2D eigenvalue weighted by Gasteiger charge is 2.37. The molecule has 0 bridgehead atoms. The molecule has 2 N–H and O–H groups in total. The van der Waals surface area contributed by atoms with E-state index in [1.54, 1.807) is 0 Å². The molecular weight excluding hydrogens is 250 g/mol. The fraction of sp³-hybridized carbons (Fsp3) is 0.562. The summed E-state index contributed by atoms with van der Waals surface area (Å²) in [5.41, 5.74) is 1.75. The Bertz CT molecular complexity index is 447. The van der Waals surface area contributed by atoms with Crippen LogP contribution in [0.25, 0.3) is 0 Å². The molecule has 0 radical (unpaired) electrons. The van der Waals surface area contributed by atoms with Crippen molar-refractivity contribution in [3.63, 3.8) is 0 Å². The van der Waals surface area contributed by atoms with E-state index in [1.807, 2.05) is 43.3 Å². The molecule has 20 heavy (non-hydrogen) atoms. The summed E-state index contributed by atoms with van der Waals surface area (Å²) < 4.78 is 0. The van der Waals surface area contributed by atoms with Gasteiger partial charge in [-0.25, -0.2) is 0 Å². The average molecular weight is 275 g/mol. The molecule has 1 fully saturated rings. The van der Waals surface area contributed by atoms with Gasteiger partial charge in [-0.05, 0) is 50.1 Å². The third-order valence-electron chi connectivity index (χ3n) is 4.27. The van der Waals surface area contributed by atoms with Crippen molar-refractivity contribution >= 4 is 17.3 Å². The Morgan fingerprint density at radius 3 is 2.55 bits per heavy atom. The SMILES string of the molecule is CCC1(C(=O)Nc2ccc(N(C)C)cc2)CCCNC1. The summed E-state index contributed by atoms with van der Waals surface area (Å²) in [6.07, 6.45) is 2.92. The third-order valence-corrected chi connectivity index (χ3v) is 4.27. The predicted octanol–water partition coefficient (Wildman–Crippen LogP) is 2.47. The quantitative estimate of drug-likeness (QED) is 0.887. The van der Waals surface area contributed by atoms with E-state index in [1.165, 1.54) is 0 Å². The van der Waals surface area contributed by atoms with Crippen LogP contribution in [0.4, 0.5) is 11.4 Å². The lowest BCUT2D eigenvalue weighted by Gasteiger charge is -2.35. The molecule has 4 nitrogen and oxygen atoms in total. The minimum absolute atomic E-state index is 0.143. The van der Waals surface area contributed by atoms with Gasteiger partial charge in [0.1, 0.15) is 0 Å². The van der Waals surface area contributed by atoms with Crippen molar-refractivity contribution in [3.05, 3.63) is 24.3 Å². The van der Waals surface area contributed by atoms with Gasteiger partial charge in [0.05, 0.1) is 5.41 Å². The summed E-state index contributed by atoms with van der Waals surface area (Å²) in [5, 5.41) is 6.42. The molecule has 110 valence electrons. The van der Waals surface area contributed by atoms with Crippen LogP contribution in [-0.2, 0) is 4.79 Å². The van der Waals surface area contributed by atoms with Crippen LogP contribution in [0.1, 0.15) is 26.2 Å². The molecular formula is C16H25N3O. The number of hydrogen-bond acceptors (Lipinski definition) is 3. The van der Waals surface area contributed by atoms with Gasteiger partial charge in [0.25, 0.3) is 0 Å². The zero-order chi connectivity index (χ0) is 14.6. The molecule has 1 atom stereocenters. The number of amides is 1. The van der Waals surface area contributed by atoms with Crippen molar-refractivity contribution in [2.24, 2.45) is 5.41 Å². The summed E-state index contributed by atoms with van der Waals surface area (Å²) >= 11 is 0. The number of benzene rings is 1. The van der Waals surface area contributed by atoms with E-state index in [-0.39, 0.29) is 11.3 Å². The lowest BCUT2D eigenvalue weighted by molar-refractivity contribution is -0.126. The van der Waals surface area contributed by atoms with Gasteiger partial charge >= 0.3 is 0 Å². The molecule has 1 aromatic carbocycles. The van der Waals surface area contributed by atoms with Crippen molar-refractivity contribution < 1.29 is 4.79 Å². The number of piperidine rings is 1. The third kappa shape index (κ3) is 3.12. The molecule has 4 heteroatoms. The number of carbonyl (C=O) groups is 1. The predicted molar refractivity (Wildman–Crippen MR) is 84.2 cm³/mol. The van der Waals surface area contributed by atoms with E-state index in [0.29, 0.717) is 0 Å². The molecule has 0 aliphatic carbocycles. The van der Waals surface area contributed by atoms with Gasteiger partial charge in [-0.3, -0.25) is 4.79 Å². The molecule has 0 spiro atoms. The second-order valence-corrected chi connectivity index (χ2v) is 5.81. The van der Waals surface area contributed by atoms with Crippen LogP contribution in [-0.4, -0.2) is 33.1 Å². The summed E-state index contributed by atoms with van der Waals surface area (Å²) in [7, 11) is 4.01. The van der Waals surface area contributed by atoms with Crippen LogP contribution >= 0.6 is 0 Å². The van der Waals surface area contributed by atoms with Crippen molar-refractivity contribution in [2.75, 3.05) is 37.4 Å². The normalized spacial score (nSPS) is 22.4. The van der Waals surface area contributed by atoms with Crippen LogP contribution in [0.5, 0.6) is 0 Å². The first kappa shape index (κ1) is 14.9. The molecule has 1 aliphatic heterocycles. The van der Waals surface area contributed by atoms with Gasteiger partial charge in [-0.1, -0.05) is 6.92 Å². The van der Waals surface area contributed by atoms with E-state index in [9.17, 15) is 4.79 Å². The highest BCUT2D eigenvalue weighted by atomic mass is 16.2. The summed E-state index contributed by atoms with van der Waals surface area (Å²) in [6.45, 7) is 3.90. The summed E-state index contributed by atoms with van der Waals surface area (Å²) in [6, 6.07) is 7.97. The molecule has 0 aromatic heterocycles. The van der Waals surface area contributed by atoms with Crippen molar-refractivity contribution in [1.29, 1.82) is 0 Å². The maximum atomic E-state index is 12.6. The second kappa shape index (κ2) is 6.27. The summed E-state index contributed by atoms with van der Waals surface area (Å²) in [4.78, 5) is 14.6. The zero-order valence-electron chi connectivity index (χ0n) is 12.7. The molecule has 1 heterocycles. The van der Waals surface area contributed by atoms with E-state index in [4.69, 9.17) is 0 Å². The van der Waals surface area contributed by atoms with Crippen LogP contribution in [0.2, 0.25) is 0 Å². The maximum absolute atomic E-state index is 12.6. The highest BCUT2D eigenvalue weighted by molar-refractivity contribution is 5.95. The molecule has 1 aromatic rings. The molecule has 1 saturated heterocycles. The van der Waals surface area contributed by atoms with E-state index >= 15 is 0 Å². The Labute approximate surface area is 121 Å². The Morgan fingerprint density at radius 2 is 2.05 bits per heavy atom. The highest BCUT2D eigenvalue weighted by Crippen LogP contribution is 2.31. The monoisotopic (exact) mass is 275 g/mol. The van der Waals surface area contributed by atoms with Crippen LogP contribution in [0.15, 0.2) is 24.3 Å². The fourth-order valence-electron chi connectivity index (χ4n) is 2.73. The Morgan fingerprint density at radius 1 is 1.35 bits per heavy atom. The van der Waals surface area contributed by atoms with Crippen molar-refractivity contribution in [2.45, 2.75) is 26.2 Å². The molecule has 2 rings (SSSR count). The lowest BCUT2D eigenvalue weighted by atomic mass is 9.77. The van der Waals surface area contributed by atoms with Gasteiger partial charge in [0.2, 0.25) is 5.91 Å². The first-order valence-corrected chi connectivity index (χ1v) is 7.37. The lowest BCUT2D eigenvalue weighted by Crippen LogP contribution is -2.47. The van der Waals surface area contributed by atoms with E-state index < -0.39 is 0 Å². The Kier molecular flexibility index (Phi) is 4.65. The van der Waals surface area contributed by atoms with Crippen LogP contribution in [0, 0.1) is 5.41 Å². The molecule has 1 amide bonds. The minimum atomic E-state index is -0.252. The topological polar surface area (TPSA) is 44.4 Å². The molecule has 1 unspecified atom stereocenters. The van der Waals surface area contributed by atoms with Gasteiger partial charge in [0, 0.05) is 32.0 Å². The van der Waals surface area contributed by atoms with Crippen LogP contribution < -0.4 is 15.5 Å². The number of carbonyl (C=O) groups excluding carboxylic acids is 1. The van der Waals surface area contributed by atoms with Gasteiger partial charge < -0.3 is 15.5 Å². The van der Waals surface area contributed by atoms with Crippen LogP contribution in [0.3, 0.4) is 0 Å². The van der Waals surface area contributed by atoms with Crippen molar-refractivity contribution in [1.82, 2.24) is 5.32 Å². The number of hydrogen-bond donors (Lipinski definition) is 2. The molecule has 1 aliphatic rings. The van der Waals surface area contributed by atoms with Crippen molar-refractivity contribution in [3.8, 4) is 0 Å². The summed E-state index contributed by atoms with van der Waals surface area (Å²) in [5.74, 6) is 0.143. The fourth-order valence-corrected chi connectivity index (χ4v) is 2.73. The first-order chi connectivity index (χ1) is 9.57. The largest absolute Gasteiger partial charge is 0.378 e. The average Bonchev–Trinajstić information content (AvgIpc) is 2.48. The van der Waals surface area contributed by atoms with Gasteiger partial charge in [-0.15, -0.1) is 0 Å². The number of nitrogens with one attached hydrogen (secondary N) is 2. The van der Waals surface area contributed by atoms with E-state index in [0.717, 1.165) is 43.7 Å². The molecule has 0 saturated carbocycles. The van der Waals surface area contributed by atoms with Gasteiger partial charge in [-0.2, -0.15) is 0 Å². The Balaban J connectivity index is 2.06. The second-order valence-electron chi connectivity index (χ2n) is 5.81. The zero-order valence-corrected chi connectivity index (χ0v) is 12.7. The standard InChI is InChI=1S/C16H25N3O/c1-4-16(10-5-11-17-12-16)15(20)18-13-6-8-14(9-7-13)19(2)3/h6-9,17H,4-5,10-12H2,1-3H3,(H,18,20). The number of anilines is 2. The minimum Gasteiger partial charge on any atom is -0.378 e. The maximum Gasteiger partial charge on any atom is 0.231 e. The number of rotatable bonds is 4. The first-order valence-electron chi connectivity index (χ1n) is 7.37.